The van der Waals surface area contributed by atoms with Crippen molar-refractivity contribution in [3.8, 4) is 0 Å². The highest BCUT2D eigenvalue weighted by molar-refractivity contribution is 6.03. The number of esters is 3. The monoisotopic (exact) mass is 350 g/mol. The third-order valence-electron chi connectivity index (χ3n) is 4.10. The molecule has 0 aromatic heterocycles. The van der Waals surface area contributed by atoms with Gasteiger partial charge in [-0.05, 0) is 50.8 Å². The molecule has 0 aliphatic heterocycles. The van der Waals surface area contributed by atoms with E-state index in [1.165, 1.54) is 27.2 Å². The fourth-order valence-electron chi connectivity index (χ4n) is 2.89. The van der Waals surface area contributed by atoms with Crippen molar-refractivity contribution < 1.29 is 28.6 Å². The molecule has 0 spiro atoms. The predicted octanol–water partition coefficient (Wildman–Crippen LogP) is 2.73. The van der Waals surface area contributed by atoms with Crippen LogP contribution in [-0.2, 0) is 28.6 Å². The molecule has 0 amide bonds. The van der Waals surface area contributed by atoms with Gasteiger partial charge >= 0.3 is 17.9 Å². The second-order valence-corrected chi connectivity index (χ2v) is 6.21. The lowest BCUT2D eigenvalue weighted by atomic mass is 9.73. The molecule has 25 heavy (non-hydrogen) atoms. The Hall–Kier alpha value is -2.33. The number of carbonyl (C=O) groups excluding carboxylic acids is 3. The number of hydrogen-bond donors (Lipinski definition) is 0. The van der Waals surface area contributed by atoms with Gasteiger partial charge in [0.1, 0.15) is 6.10 Å². The third kappa shape index (κ3) is 5.07. The molecule has 0 unspecified atom stereocenters. The molecule has 0 aromatic carbocycles. The van der Waals surface area contributed by atoms with E-state index in [1.807, 2.05) is 13.8 Å². The van der Waals surface area contributed by atoms with Crippen LogP contribution in [0.4, 0.5) is 0 Å². The van der Waals surface area contributed by atoms with Crippen molar-refractivity contribution in [1.82, 2.24) is 0 Å². The van der Waals surface area contributed by atoms with Crippen LogP contribution in [0.2, 0.25) is 0 Å². The highest BCUT2D eigenvalue weighted by Gasteiger charge is 2.52. The Kier molecular flexibility index (Phi) is 7.65. The highest BCUT2D eigenvalue weighted by atomic mass is 16.5. The summed E-state index contributed by atoms with van der Waals surface area (Å²) in [4.78, 5) is 36.4. The molecule has 0 fully saturated rings. The zero-order chi connectivity index (χ0) is 19.0. The summed E-state index contributed by atoms with van der Waals surface area (Å²) in [7, 11) is 2.47. The molecule has 1 aliphatic carbocycles. The average Bonchev–Trinajstić information content (AvgIpc) is 2.79. The Bertz CT molecular complexity index is 589. The lowest BCUT2D eigenvalue weighted by Crippen LogP contribution is -2.45. The molecule has 6 nitrogen and oxygen atoms in total. The second-order valence-electron chi connectivity index (χ2n) is 6.21. The molecule has 0 aromatic rings. The SMILES string of the molecule is COC(=O)C(C=C=C(C)C)(C(=O)OC)[C@H]1C=C[C@@H](OC(C)=O)CCC1. The van der Waals surface area contributed by atoms with Crippen LogP contribution in [0.25, 0.3) is 0 Å². The molecule has 0 bridgehead atoms. The van der Waals surface area contributed by atoms with Gasteiger partial charge in [0.05, 0.1) is 14.2 Å². The van der Waals surface area contributed by atoms with Gasteiger partial charge in [0.15, 0.2) is 5.41 Å². The number of rotatable bonds is 5. The molecule has 1 rings (SSSR count). The lowest BCUT2D eigenvalue weighted by Gasteiger charge is -2.30. The van der Waals surface area contributed by atoms with E-state index in [-0.39, 0.29) is 12.1 Å². The summed E-state index contributed by atoms with van der Waals surface area (Å²) in [6.45, 7) is 4.98. The van der Waals surface area contributed by atoms with E-state index >= 15 is 0 Å². The van der Waals surface area contributed by atoms with Crippen molar-refractivity contribution in [3.63, 3.8) is 0 Å². The molecule has 0 radical (unpaired) electrons. The zero-order valence-electron chi connectivity index (χ0n) is 15.5. The van der Waals surface area contributed by atoms with Crippen molar-refractivity contribution in [3.05, 3.63) is 29.5 Å². The minimum absolute atomic E-state index is 0.371. The maximum atomic E-state index is 12.6. The maximum Gasteiger partial charge on any atom is 0.328 e. The summed E-state index contributed by atoms with van der Waals surface area (Å²) in [5, 5.41) is 0. The van der Waals surface area contributed by atoms with Crippen molar-refractivity contribution in [2.75, 3.05) is 14.2 Å². The summed E-state index contributed by atoms with van der Waals surface area (Å²) >= 11 is 0. The summed E-state index contributed by atoms with van der Waals surface area (Å²) in [6.07, 6.45) is 6.35. The molecule has 6 heteroatoms. The van der Waals surface area contributed by atoms with Gasteiger partial charge in [0.2, 0.25) is 0 Å². The topological polar surface area (TPSA) is 78.9 Å². The Morgan fingerprint density at radius 2 is 1.64 bits per heavy atom. The van der Waals surface area contributed by atoms with Gasteiger partial charge < -0.3 is 14.2 Å². The Labute approximate surface area is 148 Å². The van der Waals surface area contributed by atoms with E-state index in [2.05, 4.69) is 5.73 Å². The van der Waals surface area contributed by atoms with Gasteiger partial charge in [-0.1, -0.05) is 6.08 Å². The summed E-state index contributed by atoms with van der Waals surface area (Å²) < 4.78 is 15.0. The molecule has 0 heterocycles. The zero-order valence-corrected chi connectivity index (χ0v) is 15.5. The van der Waals surface area contributed by atoms with E-state index in [9.17, 15) is 14.4 Å². The van der Waals surface area contributed by atoms with E-state index < -0.39 is 23.3 Å². The molecular formula is C19H26O6. The van der Waals surface area contributed by atoms with Crippen LogP contribution in [0.3, 0.4) is 0 Å². The Balaban J connectivity index is 3.39. The molecule has 0 N–H and O–H groups in total. The minimum Gasteiger partial charge on any atom is -0.468 e. The normalized spacial score (nSPS) is 19.9. The summed E-state index contributed by atoms with van der Waals surface area (Å²) in [6, 6.07) is 0. The van der Waals surface area contributed by atoms with Gasteiger partial charge in [-0.3, -0.25) is 14.4 Å². The standard InChI is InChI=1S/C19H26O6/c1-13(2)11-12-19(17(21)23-4,18(22)24-5)15-7-6-8-16(10-9-15)25-14(3)20/h9-10,12,15-16H,6-8H2,1-5H3/t15-,16+/m1/s1. The van der Waals surface area contributed by atoms with Crippen LogP contribution in [0.15, 0.2) is 29.5 Å². The summed E-state index contributed by atoms with van der Waals surface area (Å²) in [5.41, 5.74) is 2.14. The molecule has 2 atom stereocenters. The first-order chi connectivity index (χ1) is 11.8. The molecule has 0 saturated heterocycles. The van der Waals surface area contributed by atoms with E-state index in [0.29, 0.717) is 19.3 Å². The molecule has 138 valence electrons. The number of ether oxygens (including phenoxy) is 3. The van der Waals surface area contributed by atoms with Gasteiger partial charge in [-0.2, -0.15) is 0 Å². The van der Waals surface area contributed by atoms with Crippen molar-refractivity contribution in [1.29, 1.82) is 0 Å². The van der Waals surface area contributed by atoms with Crippen molar-refractivity contribution >= 4 is 17.9 Å². The van der Waals surface area contributed by atoms with Crippen molar-refractivity contribution in [2.24, 2.45) is 11.3 Å². The van der Waals surface area contributed by atoms with Gasteiger partial charge in [-0.25, -0.2) is 0 Å². The minimum atomic E-state index is -1.62. The van der Waals surface area contributed by atoms with Gasteiger partial charge in [0.25, 0.3) is 0 Å². The smallest absolute Gasteiger partial charge is 0.328 e. The van der Waals surface area contributed by atoms with Gasteiger partial charge in [0, 0.05) is 12.8 Å². The van der Waals surface area contributed by atoms with Crippen LogP contribution in [0, 0.1) is 11.3 Å². The Morgan fingerprint density at radius 1 is 1.04 bits per heavy atom. The summed E-state index contributed by atoms with van der Waals surface area (Å²) in [5.74, 6) is -2.26. The van der Waals surface area contributed by atoms with Crippen LogP contribution in [-0.4, -0.2) is 38.2 Å². The first kappa shape index (κ1) is 20.7. The number of carbonyl (C=O) groups is 3. The van der Waals surface area contributed by atoms with Gasteiger partial charge in [-0.15, -0.1) is 5.73 Å². The first-order valence-corrected chi connectivity index (χ1v) is 8.21. The lowest BCUT2D eigenvalue weighted by molar-refractivity contribution is -0.168. The van der Waals surface area contributed by atoms with E-state index in [0.717, 1.165) is 5.57 Å². The largest absolute Gasteiger partial charge is 0.468 e. The number of methoxy groups -OCH3 is 2. The first-order valence-electron chi connectivity index (χ1n) is 8.21. The maximum absolute atomic E-state index is 12.6. The number of allylic oxidation sites excluding steroid dienone is 1. The fourth-order valence-corrected chi connectivity index (χ4v) is 2.89. The van der Waals surface area contributed by atoms with Crippen LogP contribution >= 0.6 is 0 Å². The van der Waals surface area contributed by atoms with Crippen LogP contribution in [0.5, 0.6) is 0 Å². The Morgan fingerprint density at radius 3 is 2.12 bits per heavy atom. The van der Waals surface area contributed by atoms with Crippen LogP contribution in [0.1, 0.15) is 40.0 Å². The third-order valence-corrected chi connectivity index (χ3v) is 4.10. The second kappa shape index (κ2) is 9.23. The molecular weight excluding hydrogens is 324 g/mol. The van der Waals surface area contributed by atoms with E-state index in [4.69, 9.17) is 14.2 Å². The predicted molar refractivity (Wildman–Crippen MR) is 91.4 cm³/mol. The fraction of sp³-hybridized carbons (Fsp3) is 0.579. The quantitative estimate of drug-likeness (QED) is 0.249. The average molecular weight is 350 g/mol. The van der Waals surface area contributed by atoms with E-state index in [1.54, 1.807) is 12.2 Å². The molecule has 1 aliphatic rings. The van der Waals surface area contributed by atoms with Crippen LogP contribution < -0.4 is 0 Å². The molecule has 0 saturated carbocycles. The number of hydrogen-bond acceptors (Lipinski definition) is 6. The van der Waals surface area contributed by atoms with Crippen molar-refractivity contribution in [2.45, 2.75) is 46.1 Å². The highest BCUT2D eigenvalue weighted by Crippen LogP contribution is 2.39.